The molecule has 1 unspecified atom stereocenters. The highest BCUT2D eigenvalue weighted by atomic mass is 79.9. The van der Waals surface area contributed by atoms with E-state index in [2.05, 4.69) is 26.3 Å². The third kappa shape index (κ3) is 2.85. The molecular weight excluding hydrogens is 326 g/mol. The van der Waals surface area contributed by atoms with E-state index in [0.29, 0.717) is 29.8 Å². The van der Waals surface area contributed by atoms with Crippen molar-refractivity contribution in [3.8, 4) is 0 Å². The molecule has 8 heteroatoms. The molecule has 110 valence electrons. The van der Waals surface area contributed by atoms with Crippen molar-refractivity contribution in [2.24, 2.45) is 5.73 Å². The Labute approximate surface area is 125 Å². The fraction of sp³-hybridized carbons (Fsp3) is 0.583. The van der Waals surface area contributed by atoms with Crippen molar-refractivity contribution < 1.29 is 4.79 Å². The second kappa shape index (κ2) is 6.36. The van der Waals surface area contributed by atoms with E-state index in [1.165, 1.54) is 4.68 Å². The van der Waals surface area contributed by atoms with E-state index in [4.69, 9.17) is 5.73 Å². The van der Waals surface area contributed by atoms with Crippen LogP contribution in [0.3, 0.4) is 0 Å². The van der Waals surface area contributed by atoms with E-state index < -0.39 is 11.9 Å². The number of aryl methyl sites for hydroxylation is 1. The molecule has 3 N–H and O–H groups in total. The van der Waals surface area contributed by atoms with E-state index in [9.17, 15) is 9.59 Å². The van der Waals surface area contributed by atoms with Crippen LogP contribution in [-0.4, -0.2) is 41.4 Å². The summed E-state index contributed by atoms with van der Waals surface area (Å²) >= 11 is 3.33. The Hall–Kier alpha value is -1.41. The number of anilines is 1. The van der Waals surface area contributed by atoms with E-state index in [0.717, 1.165) is 13.0 Å². The van der Waals surface area contributed by atoms with Gasteiger partial charge in [-0.1, -0.05) is 6.92 Å². The van der Waals surface area contributed by atoms with Crippen molar-refractivity contribution in [3.05, 3.63) is 21.0 Å². The zero-order valence-corrected chi connectivity index (χ0v) is 12.9. The zero-order valence-electron chi connectivity index (χ0n) is 11.3. The fourth-order valence-electron chi connectivity index (χ4n) is 2.27. The Morgan fingerprint density at radius 2 is 2.40 bits per heavy atom. The molecule has 1 atom stereocenters. The number of nitrogens with zero attached hydrogens (tertiary/aromatic N) is 3. The normalized spacial score (nSPS) is 19.1. The van der Waals surface area contributed by atoms with Gasteiger partial charge in [0.1, 0.15) is 10.5 Å². The number of piperazine rings is 1. The number of aromatic nitrogens is 2. The van der Waals surface area contributed by atoms with Gasteiger partial charge >= 0.3 is 0 Å². The zero-order chi connectivity index (χ0) is 14.7. The predicted octanol–water partition coefficient (Wildman–Crippen LogP) is -0.321. The summed E-state index contributed by atoms with van der Waals surface area (Å²) in [5.74, 6) is -0.415. The first-order valence-corrected chi connectivity index (χ1v) is 7.37. The predicted molar refractivity (Wildman–Crippen MR) is 79.7 cm³/mol. The minimum Gasteiger partial charge on any atom is -0.368 e. The third-order valence-corrected chi connectivity index (χ3v) is 4.03. The second-order valence-electron chi connectivity index (χ2n) is 4.69. The van der Waals surface area contributed by atoms with Crippen LogP contribution >= 0.6 is 15.9 Å². The van der Waals surface area contributed by atoms with Gasteiger partial charge in [-0.2, -0.15) is 5.10 Å². The molecule has 1 aliphatic heterocycles. The summed E-state index contributed by atoms with van der Waals surface area (Å²) in [5.41, 5.74) is 5.85. The first-order chi connectivity index (χ1) is 9.56. The number of hydrogen-bond acceptors (Lipinski definition) is 5. The molecule has 1 fully saturated rings. The largest absolute Gasteiger partial charge is 0.368 e. The Bertz CT molecular complexity index is 559. The summed E-state index contributed by atoms with van der Waals surface area (Å²) < 4.78 is 1.84. The van der Waals surface area contributed by atoms with Crippen molar-refractivity contribution in [2.45, 2.75) is 25.9 Å². The summed E-state index contributed by atoms with van der Waals surface area (Å²) in [7, 11) is 0. The minimum absolute atomic E-state index is 0.189. The smallest absolute Gasteiger partial charge is 0.283 e. The topological polar surface area (TPSA) is 93.2 Å². The van der Waals surface area contributed by atoms with Crippen LogP contribution in [-0.2, 0) is 11.3 Å². The number of nitrogens with one attached hydrogen (secondary N) is 1. The average molecular weight is 344 g/mol. The summed E-state index contributed by atoms with van der Waals surface area (Å²) in [4.78, 5) is 25.5. The molecule has 1 aromatic heterocycles. The number of hydrogen-bond donors (Lipinski definition) is 2. The van der Waals surface area contributed by atoms with Gasteiger partial charge in [0.2, 0.25) is 5.91 Å². The number of carbonyl (C=O) groups excluding carboxylic acids is 1. The summed E-state index contributed by atoms with van der Waals surface area (Å²) in [5, 5.41) is 7.28. The summed E-state index contributed by atoms with van der Waals surface area (Å²) in [6.07, 6.45) is 2.44. The highest BCUT2D eigenvalue weighted by Crippen LogP contribution is 2.24. The first-order valence-electron chi connectivity index (χ1n) is 6.58. The lowest BCUT2D eigenvalue weighted by Gasteiger charge is -2.36. The molecule has 0 spiro atoms. The molecule has 1 aromatic rings. The fourth-order valence-corrected chi connectivity index (χ4v) is 2.81. The Kier molecular flexibility index (Phi) is 4.77. The molecule has 2 heterocycles. The standard InChI is InChI=1S/C12H18BrN5O2/c1-2-4-18-12(20)10(13)8(7-16-18)17-5-3-15-6-9(17)11(14)19/h7,9,15H,2-6H2,1H3,(H2,14,19). The highest BCUT2D eigenvalue weighted by molar-refractivity contribution is 9.10. The molecule has 0 saturated carbocycles. The SMILES string of the molecule is CCCn1ncc(N2CCNCC2C(N)=O)c(Br)c1=O. The van der Waals surface area contributed by atoms with E-state index >= 15 is 0 Å². The molecule has 0 bridgehead atoms. The molecule has 0 aromatic carbocycles. The Morgan fingerprint density at radius 1 is 1.65 bits per heavy atom. The van der Waals surface area contributed by atoms with Gasteiger partial charge in [0.25, 0.3) is 5.56 Å². The lowest BCUT2D eigenvalue weighted by atomic mass is 10.1. The van der Waals surface area contributed by atoms with Gasteiger partial charge < -0.3 is 16.0 Å². The lowest BCUT2D eigenvalue weighted by molar-refractivity contribution is -0.119. The molecule has 0 radical (unpaired) electrons. The molecule has 20 heavy (non-hydrogen) atoms. The maximum absolute atomic E-state index is 12.2. The molecular formula is C12H18BrN5O2. The van der Waals surface area contributed by atoms with Crippen molar-refractivity contribution >= 4 is 27.5 Å². The molecule has 1 aliphatic rings. The van der Waals surface area contributed by atoms with E-state index in [-0.39, 0.29) is 5.56 Å². The van der Waals surface area contributed by atoms with Gasteiger partial charge in [0.05, 0.1) is 11.9 Å². The van der Waals surface area contributed by atoms with Crippen molar-refractivity contribution in [1.82, 2.24) is 15.1 Å². The van der Waals surface area contributed by atoms with Crippen LogP contribution in [0.5, 0.6) is 0 Å². The van der Waals surface area contributed by atoms with Gasteiger partial charge in [0, 0.05) is 26.2 Å². The van der Waals surface area contributed by atoms with E-state index in [1.54, 1.807) is 6.20 Å². The molecule has 2 rings (SSSR count). The number of carbonyl (C=O) groups is 1. The van der Waals surface area contributed by atoms with Crippen LogP contribution < -0.4 is 21.5 Å². The van der Waals surface area contributed by atoms with E-state index in [1.807, 2.05) is 11.8 Å². The maximum atomic E-state index is 12.2. The first kappa shape index (κ1) is 15.0. The van der Waals surface area contributed by atoms with Gasteiger partial charge in [-0.3, -0.25) is 9.59 Å². The molecule has 0 aliphatic carbocycles. The van der Waals surface area contributed by atoms with Crippen molar-refractivity contribution in [1.29, 1.82) is 0 Å². The van der Waals surface area contributed by atoms with Crippen LogP contribution in [0.4, 0.5) is 5.69 Å². The van der Waals surface area contributed by atoms with Crippen molar-refractivity contribution in [2.75, 3.05) is 24.5 Å². The number of nitrogens with two attached hydrogens (primary N) is 1. The van der Waals surface area contributed by atoms with Crippen LogP contribution in [0.15, 0.2) is 15.5 Å². The van der Waals surface area contributed by atoms with Crippen molar-refractivity contribution in [3.63, 3.8) is 0 Å². The quantitative estimate of drug-likeness (QED) is 0.781. The van der Waals surface area contributed by atoms with Gasteiger partial charge in [-0.25, -0.2) is 4.68 Å². The van der Waals surface area contributed by atoms with Gasteiger partial charge in [-0.05, 0) is 22.4 Å². The second-order valence-corrected chi connectivity index (χ2v) is 5.48. The number of primary amides is 1. The van der Waals surface area contributed by atoms with Crippen LogP contribution in [0.1, 0.15) is 13.3 Å². The van der Waals surface area contributed by atoms with Crippen LogP contribution in [0.25, 0.3) is 0 Å². The lowest BCUT2D eigenvalue weighted by Crippen LogP contribution is -2.57. The Balaban J connectivity index is 2.39. The number of amides is 1. The number of rotatable bonds is 4. The maximum Gasteiger partial charge on any atom is 0.283 e. The minimum atomic E-state index is -0.469. The van der Waals surface area contributed by atoms with Crippen LogP contribution in [0.2, 0.25) is 0 Å². The Morgan fingerprint density at radius 3 is 3.05 bits per heavy atom. The number of halogens is 1. The monoisotopic (exact) mass is 343 g/mol. The summed E-state index contributed by atoms with van der Waals surface area (Å²) in [6.45, 7) is 4.35. The average Bonchev–Trinajstić information content (AvgIpc) is 2.44. The molecule has 1 saturated heterocycles. The highest BCUT2D eigenvalue weighted by Gasteiger charge is 2.29. The third-order valence-electron chi connectivity index (χ3n) is 3.28. The van der Waals surface area contributed by atoms with Gasteiger partial charge in [-0.15, -0.1) is 0 Å². The van der Waals surface area contributed by atoms with Gasteiger partial charge in [0.15, 0.2) is 0 Å². The summed E-state index contributed by atoms with van der Waals surface area (Å²) in [6, 6.07) is -0.469. The molecule has 7 nitrogen and oxygen atoms in total. The molecule has 1 amide bonds. The van der Waals surface area contributed by atoms with Crippen LogP contribution in [0, 0.1) is 0 Å².